The summed E-state index contributed by atoms with van der Waals surface area (Å²) < 4.78 is 0. The highest BCUT2D eigenvalue weighted by molar-refractivity contribution is 5.77. The lowest BCUT2D eigenvalue weighted by Gasteiger charge is -2.25. The first-order valence-electron chi connectivity index (χ1n) is 6.89. The number of hydrogen-bond donors (Lipinski definition) is 2. The van der Waals surface area contributed by atoms with E-state index >= 15 is 0 Å². The van der Waals surface area contributed by atoms with Gasteiger partial charge in [-0.15, -0.1) is 0 Å². The molecule has 1 amide bonds. The average Bonchev–Trinajstić information content (AvgIpc) is 2.34. The smallest absolute Gasteiger partial charge is 0.254 e. The third kappa shape index (κ3) is 6.64. The molecule has 0 aromatic rings. The predicted octanol–water partition coefficient (Wildman–Crippen LogP) is 2.47. The van der Waals surface area contributed by atoms with Crippen LogP contribution in [-0.2, 0) is 4.79 Å². The maximum atomic E-state index is 12.2. The van der Waals surface area contributed by atoms with Crippen LogP contribution in [0.5, 0.6) is 0 Å². The Morgan fingerprint density at radius 3 is 2.12 bits per heavy atom. The van der Waals surface area contributed by atoms with Crippen LogP contribution >= 0.6 is 0 Å². The van der Waals surface area contributed by atoms with Gasteiger partial charge in [-0.1, -0.05) is 46.0 Å². The van der Waals surface area contributed by atoms with E-state index in [0.717, 1.165) is 25.7 Å². The Labute approximate surface area is 106 Å². The van der Waals surface area contributed by atoms with Crippen molar-refractivity contribution in [3.8, 4) is 0 Å². The average molecular weight is 243 g/mol. The summed E-state index contributed by atoms with van der Waals surface area (Å²) in [7, 11) is 3.52. The molecular formula is C13H29N3O. The molecule has 1 atom stereocenters. The zero-order valence-electron chi connectivity index (χ0n) is 11.9. The highest BCUT2D eigenvalue weighted by atomic mass is 16.2. The molecule has 0 fully saturated rings. The highest BCUT2D eigenvalue weighted by Crippen LogP contribution is 2.17. The van der Waals surface area contributed by atoms with Gasteiger partial charge in [0.05, 0.1) is 0 Å². The molecule has 0 aromatic heterocycles. The molecule has 17 heavy (non-hydrogen) atoms. The second-order valence-electron chi connectivity index (χ2n) is 4.46. The third-order valence-corrected chi connectivity index (χ3v) is 3.06. The van der Waals surface area contributed by atoms with Crippen LogP contribution in [0.3, 0.4) is 0 Å². The van der Waals surface area contributed by atoms with Gasteiger partial charge in [0.25, 0.3) is 5.91 Å². The van der Waals surface area contributed by atoms with Crippen LogP contribution in [0, 0.1) is 5.92 Å². The molecule has 0 aromatic carbocycles. The fraction of sp³-hybridized carbons (Fsp3) is 0.923. The van der Waals surface area contributed by atoms with E-state index in [2.05, 4.69) is 24.7 Å². The van der Waals surface area contributed by atoms with Gasteiger partial charge in [-0.25, -0.2) is 16.0 Å². The second-order valence-corrected chi connectivity index (χ2v) is 4.46. The number of nitrogens with zero attached hydrogens (tertiary/aromatic N) is 1. The van der Waals surface area contributed by atoms with E-state index in [-0.39, 0.29) is 11.8 Å². The van der Waals surface area contributed by atoms with Crippen LogP contribution in [-0.4, -0.2) is 25.1 Å². The monoisotopic (exact) mass is 243 g/mol. The van der Waals surface area contributed by atoms with Gasteiger partial charge in [0.1, 0.15) is 0 Å². The number of hydrogen-bond acceptors (Lipinski definition) is 3. The van der Waals surface area contributed by atoms with Crippen molar-refractivity contribution in [2.24, 2.45) is 5.92 Å². The van der Waals surface area contributed by atoms with Crippen molar-refractivity contribution in [3.63, 3.8) is 0 Å². The number of unbranched alkanes of at least 4 members (excludes halogenated alkanes) is 3. The topological polar surface area (TPSA) is 44.4 Å². The molecule has 0 saturated carbocycles. The molecule has 0 saturated heterocycles. The van der Waals surface area contributed by atoms with Gasteiger partial charge in [0.2, 0.25) is 0 Å². The van der Waals surface area contributed by atoms with E-state index in [9.17, 15) is 4.79 Å². The predicted molar refractivity (Wildman–Crippen MR) is 72.1 cm³/mol. The van der Waals surface area contributed by atoms with Crippen molar-refractivity contribution < 1.29 is 4.79 Å². The van der Waals surface area contributed by atoms with Gasteiger partial charge in [-0.05, 0) is 12.8 Å². The summed E-state index contributed by atoms with van der Waals surface area (Å²) in [6.07, 6.45) is 7.96. The summed E-state index contributed by atoms with van der Waals surface area (Å²) in [6.45, 7) is 4.34. The van der Waals surface area contributed by atoms with Crippen molar-refractivity contribution in [2.45, 2.75) is 58.8 Å². The van der Waals surface area contributed by atoms with E-state index in [1.54, 1.807) is 14.1 Å². The lowest BCUT2D eigenvalue weighted by atomic mass is 9.95. The molecule has 102 valence electrons. The van der Waals surface area contributed by atoms with E-state index < -0.39 is 0 Å². The number of amides is 1. The van der Waals surface area contributed by atoms with Crippen molar-refractivity contribution in [3.05, 3.63) is 0 Å². The van der Waals surface area contributed by atoms with Gasteiger partial charge >= 0.3 is 0 Å². The zero-order valence-corrected chi connectivity index (χ0v) is 11.9. The van der Waals surface area contributed by atoms with Crippen molar-refractivity contribution >= 4 is 5.91 Å². The second kappa shape index (κ2) is 10.5. The normalized spacial score (nSPS) is 12.5. The number of hydrazine groups is 2. The SMILES string of the molecule is CCCCCCC(CCC)C(=O)N(NC)NC. The summed E-state index contributed by atoms with van der Waals surface area (Å²) >= 11 is 0. The van der Waals surface area contributed by atoms with Crippen LogP contribution in [0.1, 0.15) is 58.8 Å². The molecule has 4 nitrogen and oxygen atoms in total. The molecule has 0 aliphatic rings. The summed E-state index contributed by atoms with van der Waals surface area (Å²) in [5.74, 6) is 0.310. The molecule has 0 aliphatic heterocycles. The number of carbonyl (C=O) groups excluding carboxylic acids is 1. The Balaban J connectivity index is 4.14. The fourth-order valence-corrected chi connectivity index (χ4v) is 2.07. The fourth-order valence-electron chi connectivity index (χ4n) is 2.07. The molecule has 2 N–H and O–H groups in total. The van der Waals surface area contributed by atoms with E-state index in [1.807, 2.05) is 0 Å². The standard InChI is InChI=1S/C13H29N3O/c1-5-7-8-9-11-12(10-6-2)13(17)16(14-3)15-4/h12,14-15H,5-11H2,1-4H3. The molecule has 0 rings (SSSR count). The van der Waals surface area contributed by atoms with Gasteiger partial charge in [0, 0.05) is 20.0 Å². The first-order valence-corrected chi connectivity index (χ1v) is 6.89. The summed E-state index contributed by atoms with van der Waals surface area (Å²) in [6, 6.07) is 0. The van der Waals surface area contributed by atoms with Crippen LogP contribution < -0.4 is 10.9 Å². The Kier molecular flexibility index (Phi) is 10.2. The van der Waals surface area contributed by atoms with Crippen molar-refractivity contribution in [1.29, 1.82) is 0 Å². The minimum absolute atomic E-state index is 0.150. The van der Waals surface area contributed by atoms with Crippen molar-refractivity contribution in [2.75, 3.05) is 14.1 Å². The zero-order chi connectivity index (χ0) is 13.1. The largest absolute Gasteiger partial charge is 0.272 e. The summed E-state index contributed by atoms with van der Waals surface area (Å²) in [5.41, 5.74) is 5.73. The van der Waals surface area contributed by atoms with Crippen LogP contribution in [0.4, 0.5) is 0 Å². The first-order chi connectivity index (χ1) is 8.21. The van der Waals surface area contributed by atoms with E-state index in [1.165, 1.54) is 24.4 Å². The molecule has 0 bridgehead atoms. The Bertz CT molecular complexity index is 193. The number of rotatable bonds is 10. The minimum Gasteiger partial charge on any atom is -0.272 e. The van der Waals surface area contributed by atoms with Crippen molar-refractivity contribution in [1.82, 2.24) is 16.0 Å². The summed E-state index contributed by atoms with van der Waals surface area (Å²) in [5, 5.41) is 1.49. The van der Waals surface area contributed by atoms with Gasteiger partial charge in [-0.3, -0.25) is 4.79 Å². The lowest BCUT2D eigenvalue weighted by molar-refractivity contribution is -0.142. The summed E-state index contributed by atoms with van der Waals surface area (Å²) in [4.78, 5) is 12.2. The molecular weight excluding hydrogens is 214 g/mol. The molecule has 0 aliphatic carbocycles. The maximum absolute atomic E-state index is 12.2. The van der Waals surface area contributed by atoms with Crippen LogP contribution in [0.2, 0.25) is 0 Å². The molecule has 4 heteroatoms. The Hall–Kier alpha value is -0.610. The van der Waals surface area contributed by atoms with Gasteiger partial charge in [-0.2, -0.15) is 0 Å². The van der Waals surface area contributed by atoms with E-state index in [0.29, 0.717) is 0 Å². The minimum atomic E-state index is 0.150. The molecule has 0 spiro atoms. The lowest BCUT2D eigenvalue weighted by Crippen LogP contribution is -2.51. The Morgan fingerprint density at radius 1 is 1.00 bits per heavy atom. The van der Waals surface area contributed by atoms with Crippen LogP contribution in [0.25, 0.3) is 0 Å². The molecule has 1 unspecified atom stereocenters. The Morgan fingerprint density at radius 2 is 1.65 bits per heavy atom. The number of nitrogens with one attached hydrogen (secondary N) is 2. The van der Waals surface area contributed by atoms with E-state index in [4.69, 9.17) is 0 Å². The third-order valence-electron chi connectivity index (χ3n) is 3.06. The number of carbonyl (C=O) groups is 1. The molecule has 0 radical (unpaired) electrons. The molecule has 0 heterocycles. The van der Waals surface area contributed by atoms with Crippen LogP contribution in [0.15, 0.2) is 0 Å². The van der Waals surface area contributed by atoms with Gasteiger partial charge < -0.3 is 0 Å². The maximum Gasteiger partial charge on any atom is 0.254 e. The quantitative estimate of drug-likeness (QED) is 0.457. The highest BCUT2D eigenvalue weighted by Gasteiger charge is 2.21. The first kappa shape index (κ1) is 16.4. The van der Waals surface area contributed by atoms with Gasteiger partial charge in [0.15, 0.2) is 0 Å².